The molecule has 0 saturated carbocycles. The van der Waals surface area contributed by atoms with Crippen molar-refractivity contribution in [1.82, 2.24) is 10.2 Å². The average molecular weight is 296 g/mol. The van der Waals surface area contributed by atoms with Crippen LogP contribution >= 0.6 is 11.8 Å². The van der Waals surface area contributed by atoms with E-state index < -0.39 is 0 Å². The van der Waals surface area contributed by atoms with E-state index in [0.29, 0.717) is 6.61 Å². The second-order valence-corrected chi connectivity index (χ2v) is 5.71. The second kappa shape index (κ2) is 7.35. The van der Waals surface area contributed by atoms with Crippen LogP contribution in [0, 0.1) is 0 Å². The summed E-state index contributed by atoms with van der Waals surface area (Å²) >= 11 is 1.64. The standard InChI is InChI=1S/C13H20N4O2S/c1-14-12-13(20-7-6-15-12)16-18-9-11-5-4-10(19-11)8-17(2)3/h4-5H,6-9H2,1-3H3,(H,14,15)/b16-13-. The predicted molar refractivity (Wildman–Crippen MR) is 82.1 cm³/mol. The fourth-order valence-electron chi connectivity index (χ4n) is 1.76. The number of hydrogen-bond donors (Lipinski definition) is 1. The molecule has 1 aliphatic rings. The third-order valence-corrected chi connectivity index (χ3v) is 3.55. The first-order valence-corrected chi connectivity index (χ1v) is 7.43. The van der Waals surface area contributed by atoms with Crippen molar-refractivity contribution in [2.75, 3.05) is 33.4 Å². The first-order chi connectivity index (χ1) is 9.69. The Balaban J connectivity index is 1.87. The topological polar surface area (TPSA) is 62.4 Å². The van der Waals surface area contributed by atoms with Gasteiger partial charge in [0.15, 0.2) is 17.5 Å². The predicted octanol–water partition coefficient (Wildman–Crippen LogP) is 1.54. The van der Waals surface area contributed by atoms with Crippen molar-refractivity contribution in [3.63, 3.8) is 0 Å². The number of oxime groups is 1. The molecule has 0 amide bonds. The van der Waals surface area contributed by atoms with Gasteiger partial charge in [-0.3, -0.25) is 4.99 Å². The fourth-order valence-corrected chi connectivity index (χ4v) is 2.56. The number of amidine groups is 1. The molecule has 1 N–H and O–H groups in total. The van der Waals surface area contributed by atoms with E-state index in [1.54, 1.807) is 18.8 Å². The van der Waals surface area contributed by atoms with Crippen molar-refractivity contribution in [2.24, 2.45) is 10.1 Å². The van der Waals surface area contributed by atoms with Gasteiger partial charge in [-0.05, 0) is 26.2 Å². The molecular weight excluding hydrogens is 276 g/mol. The van der Waals surface area contributed by atoms with Crippen molar-refractivity contribution < 1.29 is 9.25 Å². The van der Waals surface area contributed by atoms with Crippen molar-refractivity contribution in [1.29, 1.82) is 0 Å². The van der Waals surface area contributed by atoms with Crippen LogP contribution in [0.25, 0.3) is 0 Å². The summed E-state index contributed by atoms with van der Waals surface area (Å²) < 4.78 is 5.65. The number of aliphatic imine (C=N–C) groups is 1. The van der Waals surface area contributed by atoms with Gasteiger partial charge in [0, 0.05) is 19.3 Å². The zero-order chi connectivity index (χ0) is 14.4. The average Bonchev–Trinajstić information content (AvgIpc) is 2.86. The number of rotatable bonds is 5. The van der Waals surface area contributed by atoms with Crippen LogP contribution in [0.3, 0.4) is 0 Å². The molecular formula is C13H20N4O2S. The molecule has 1 aromatic heterocycles. The van der Waals surface area contributed by atoms with Crippen molar-refractivity contribution in [3.05, 3.63) is 23.7 Å². The first-order valence-electron chi connectivity index (χ1n) is 6.45. The van der Waals surface area contributed by atoms with Gasteiger partial charge < -0.3 is 19.5 Å². The SMILES string of the molecule is CN=C1NCCS/C1=N\OCc1ccc(CN(C)C)o1. The van der Waals surface area contributed by atoms with Gasteiger partial charge in [0.2, 0.25) is 0 Å². The van der Waals surface area contributed by atoms with E-state index >= 15 is 0 Å². The Kier molecular flexibility index (Phi) is 5.49. The minimum absolute atomic E-state index is 0.328. The highest BCUT2D eigenvalue weighted by atomic mass is 32.2. The van der Waals surface area contributed by atoms with Crippen LogP contribution in [0.2, 0.25) is 0 Å². The maximum absolute atomic E-state index is 5.65. The summed E-state index contributed by atoms with van der Waals surface area (Å²) in [6.07, 6.45) is 0. The summed E-state index contributed by atoms with van der Waals surface area (Å²) in [4.78, 5) is 11.5. The van der Waals surface area contributed by atoms with Crippen LogP contribution in [0.5, 0.6) is 0 Å². The molecule has 1 fully saturated rings. The van der Waals surface area contributed by atoms with Crippen molar-refractivity contribution in [3.8, 4) is 0 Å². The molecule has 20 heavy (non-hydrogen) atoms. The summed E-state index contributed by atoms with van der Waals surface area (Å²) in [5.74, 6) is 3.45. The van der Waals surface area contributed by atoms with Crippen LogP contribution in [0.4, 0.5) is 0 Å². The number of furan rings is 1. The Bertz CT molecular complexity index is 496. The molecule has 1 aliphatic heterocycles. The van der Waals surface area contributed by atoms with Gasteiger partial charge in [-0.2, -0.15) is 0 Å². The zero-order valence-corrected chi connectivity index (χ0v) is 12.9. The third-order valence-electron chi connectivity index (χ3n) is 2.60. The van der Waals surface area contributed by atoms with Crippen molar-refractivity contribution >= 4 is 22.6 Å². The molecule has 0 spiro atoms. The quantitative estimate of drug-likeness (QED) is 0.835. The number of nitrogens with one attached hydrogen (secondary N) is 1. The van der Waals surface area contributed by atoms with Crippen molar-refractivity contribution in [2.45, 2.75) is 13.2 Å². The summed E-state index contributed by atoms with van der Waals surface area (Å²) in [5, 5.41) is 8.09. The Morgan fingerprint density at radius 3 is 2.95 bits per heavy atom. The maximum atomic E-state index is 5.65. The lowest BCUT2D eigenvalue weighted by molar-refractivity contribution is 0.114. The number of hydrogen-bond acceptors (Lipinski definition) is 6. The van der Waals surface area contributed by atoms with Gasteiger partial charge in [0.05, 0.1) is 6.54 Å². The molecule has 6 nitrogen and oxygen atoms in total. The van der Waals surface area contributed by atoms with E-state index in [9.17, 15) is 0 Å². The summed E-state index contributed by atoms with van der Waals surface area (Å²) in [5.41, 5.74) is 0. The van der Waals surface area contributed by atoms with E-state index in [4.69, 9.17) is 9.25 Å². The lowest BCUT2D eigenvalue weighted by Gasteiger charge is -2.15. The van der Waals surface area contributed by atoms with Gasteiger partial charge >= 0.3 is 0 Å². The molecule has 0 aliphatic carbocycles. The zero-order valence-electron chi connectivity index (χ0n) is 12.0. The molecule has 0 aromatic carbocycles. The molecule has 0 unspecified atom stereocenters. The Morgan fingerprint density at radius 1 is 1.40 bits per heavy atom. The molecule has 1 saturated heterocycles. The van der Waals surface area contributed by atoms with E-state index in [1.165, 1.54) is 0 Å². The highest BCUT2D eigenvalue weighted by Gasteiger charge is 2.15. The molecule has 0 atom stereocenters. The molecule has 2 rings (SSSR count). The van der Waals surface area contributed by atoms with Crippen LogP contribution < -0.4 is 5.32 Å². The Labute approximate surface area is 123 Å². The third kappa shape index (κ3) is 4.28. The minimum Gasteiger partial charge on any atom is -0.461 e. The van der Waals surface area contributed by atoms with E-state index in [1.807, 2.05) is 26.2 Å². The smallest absolute Gasteiger partial charge is 0.177 e. The first kappa shape index (κ1) is 14.9. The van der Waals surface area contributed by atoms with Crippen LogP contribution in [0.1, 0.15) is 11.5 Å². The summed E-state index contributed by atoms with van der Waals surface area (Å²) in [6.45, 7) is 2.01. The van der Waals surface area contributed by atoms with E-state index in [-0.39, 0.29) is 0 Å². The molecule has 7 heteroatoms. The highest BCUT2D eigenvalue weighted by Crippen LogP contribution is 2.13. The van der Waals surface area contributed by atoms with Gasteiger partial charge in [-0.15, -0.1) is 0 Å². The minimum atomic E-state index is 0.328. The van der Waals surface area contributed by atoms with Crippen LogP contribution in [-0.2, 0) is 18.0 Å². The Morgan fingerprint density at radius 2 is 2.20 bits per heavy atom. The van der Waals surface area contributed by atoms with E-state index in [0.717, 1.165) is 41.2 Å². The normalized spacial score (nSPS) is 19.6. The number of nitrogens with zero attached hydrogens (tertiary/aromatic N) is 3. The largest absolute Gasteiger partial charge is 0.461 e. The van der Waals surface area contributed by atoms with Gasteiger partial charge in [0.25, 0.3) is 0 Å². The highest BCUT2D eigenvalue weighted by molar-refractivity contribution is 8.15. The molecule has 0 bridgehead atoms. The summed E-state index contributed by atoms with van der Waals surface area (Å²) in [6, 6.07) is 3.88. The molecule has 2 heterocycles. The van der Waals surface area contributed by atoms with Crippen LogP contribution in [-0.4, -0.2) is 49.2 Å². The summed E-state index contributed by atoms with van der Waals surface area (Å²) in [7, 11) is 5.75. The molecule has 0 radical (unpaired) electrons. The number of thioether (sulfide) groups is 1. The lowest BCUT2D eigenvalue weighted by atomic mass is 10.4. The van der Waals surface area contributed by atoms with Gasteiger partial charge in [-0.25, -0.2) is 0 Å². The maximum Gasteiger partial charge on any atom is 0.177 e. The fraction of sp³-hybridized carbons (Fsp3) is 0.538. The van der Waals surface area contributed by atoms with E-state index in [2.05, 4.69) is 20.4 Å². The monoisotopic (exact) mass is 296 g/mol. The molecule has 110 valence electrons. The lowest BCUT2D eigenvalue weighted by Crippen LogP contribution is -2.36. The van der Waals surface area contributed by atoms with Gasteiger partial charge in [0.1, 0.15) is 11.5 Å². The van der Waals surface area contributed by atoms with Gasteiger partial charge in [-0.1, -0.05) is 16.9 Å². The molecule has 1 aromatic rings. The second-order valence-electron chi connectivity index (χ2n) is 4.62. The Hall–Kier alpha value is -1.47. The van der Waals surface area contributed by atoms with Crippen LogP contribution in [0.15, 0.2) is 26.7 Å².